The maximum absolute atomic E-state index is 13.3. The Morgan fingerprint density at radius 1 is 0.480 bits per heavy atom. The second-order valence-corrected chi connectivity index (χ2v) is 29.2. The van der Waals surface area contributed by atoms with Crippen LogP contribution in [0.2, 0.25) is 0 Å². The summed E-state index contributed by atoms with van der Waals surface area (Å²) in [4.78, 5) is 87.8. The van der Waals surface area contributed by atoms with Gasteiger partial charge in [-0.25, -0.2) is 19.9 Å². The number of nitrogens with zero attached hydrogens (tertiary/aromatic N) is 15. The number of benzene rings is 3. The van der Waals surface area contributed by atoms with Crippen LogP contribution in [-0.4, -0.2) is 198 Å². The average molecular weight is 1440 g/mol. The second kappa shape index (κ2) is 33.4. The molecule has 15 rings (SSSR count). The monoisotopic (exact) mass is 1440 g/mol. The zero-order valence-electron chi connectivity index (χ0n) is 58.4. The first kappa shape index (κ1) is 70.7. The number of amides is 3. The number of H-pyrrole nitrogens is 4. The van der Waals surface area contributed by atoms with E-state index in [-0.39, 0.29) is 23.8 Å². The lowest BCUT2D eigenvalue weighted by Gasteiger charge is -2.32. The number of aryl methyl sites for hydroxylation is 3. The van der Waals surface area contributed by atoms with Gasteiger partial charge in [-0.05, 0) is 75.3 Å². The predicted octanol–water partition coefficient (Wildman–Crippen LogP) is 10.0. The molecule has 0 radical (unpaired) electrons. The van der Waals surface area contributed by atoms with Crippen molar-refractivity contribution in [3.05, 3.63) is 176 Å². The van der Waals surface area contributed by atoms with E-state index in [0.717, 1.165) is 175 Å². The molecule has 534 valence electrons. The van der Waals surface area contributed by atoms with Crippen molar-refractivity contribution < 1.29 is 23.3 Å². The van der Waals surface area contributed by atoms with Gasteiger partial charge in [-0.15, -0.1) is 10.2 Å². The third kappa shape index (κ3) is 17.4. The topological polar surface area (TPSA) is 312 Å². The lowest BCUT2D eigenvalue weighted by atomic mass is 10.0. The van der Waals surface area contributed by atoms with Gasteiger partial charge in [0.25, 0.3) is 17.7 Å². The zero-order chi connectivity index (χ0) is 70.5. The number of thiazole rings is 3. The van der Waals surface area contributed by atoms with Crippen molar-refractivity contribution in [1.29, 1.82) is 0 Å². The van der Waals surface area contributed by atoms with Crippen molar-refractivity contribution in [2.75, 3.05) is 114 Å². The van der Waals surface area contributed by atoms with E-state index in [9.17, 15) is 14.4 Å². The molecule has 102 heavy (non-hydrogen) atoms. The summed E-state index contributed by atoms with van der Waals surface area (Å²) in [6.45, 7) is 17.7. The molecular weight excluding hydrogens is 1350 g/mol. The van der Waals surface area contributed by atoms with Gasteiger partial charge in [0.2, 0.25) is 17.7 Å². The number of anilines is 3. The van der Waals surface area contributed by atoms with Crippen LogP contribution in [-0.2, 0) is 38.5 Å². The van der Waals surface area contributed by atoms with Crippen molar-refractivity contribution in [2.45, 2.75) is 96.7 Å². The summed E-state index contributed by atoms with van der Waals surface area (Å²) in [5.74, 6) is 3.03. The molecule has 3 fully saturated rings. The Morgan fingerprint density at radius 2 is 0.873 bits per heavy atom. The fourth-order valence-electron chi connectivity index (χ4n) is 12.7. The Bertz CT molecular complexity index is 4230. The van der Waals surface area contributed by atoms with Gasteiger partial charge in [-0.3, -0.25) is 19.5 Å². The number of hydrogen-bond donors (Lipinski definition) is 7. The number of carbonyl (C=O) groups is 3. The second-order valence-electron chi connectivity index (χ2n) is 26.1. The fourth-order valence-corrected chi connectivity index (χ4v) is 15.3. The van der Waals surface area contributed by atoms with Crippen LogP contribution >= 0.6 is 34.0 Å². The van der Waals surface area contributed by atoms with Crippen molar-refractivity contribution in [2.24, 2.45) is 0 Å². The Hall–Kier alpha value is -9.72. The van der Waals surface area contributed by atoms with Crippen LogP contribution in [0, 0.1) is 0 Å². The highest BCUT2D eigenvalue weighted by Crippen LogP contribution is 2.32. The number of fused-ring (bicyclic) bond motifs is 3. The molecule has 12 heterocycles. The van der Waals surface area contributed by atoms with E-state index < -0.39 is 12.1 Å². The van der Waals surface area contributed by atoms with E-state index >= 15 is 0 Å². The highest BCUT2D eigenvalue weighted by atomic mass is 32.1. The predicted molar refractivity (Wildman–Crippen MR) is 399 cm³/mol. The summed E-state index contributed by atoms with van der Waals surface area (Å²) in [7, 11) is 6.37. The Kier molecular flexibility index (Phi) is 23.1. The SMILES string of the molecule is CCCc1nc(C(Cc2c[nH]c3ccccc23)NC(=O)c2cnc(N3CCN(C)CC3)s2)n[nH]1.CCCc1nc(C(Cc2c[nH]c3ccccc23)NC(=O)c2cnc(N3CCN(C)CC3)s2)no1.CCCc1nnc(C(Cc2c[nH]c3ccccc23)NC(=O)c2cnc(N3CCN(C)CC3)s2)o1. The molecule has 0 bridgehead atoms. The molecule has 27 nitrogen and oxygen atoms in total. The maximum atomic E-state index is 13.3. The van der Waals surface area contributed by atoms with Crippen molar-refractivity contribution in [3.63, 3.8) is 0 Å². The minimum absolute atomic E-state index is 0.149. The highest BCUT2D eigenvalue weighted by molar-refractivity contribution is 7.18. The number of rotatable bonds is 24. The normalized spacial score (nSPS) is 15.6. The van der Waals surface area contributed by atoms with Gasteiger partial charge in [-0.1, -0.05) is 115 Å². The Morgan fingerprint density at radius 3 is 1.30 bits per heavy atom. The molecule has 12 aromatic rings. The van der Waals surface area contributed by atoms with Gasteiger partial charge in [0.1, 0.15) is 26.5 Å². The van der Waals surface area contributed by atoms with E-state index in [1.165, 1.54) is 34.0 Å². The smallest absolute Gasteiger partial charge is 0.263 e. The molecule has 9 aromatic heterocycles. The van der Waals surface area contributed by atoms with E-state index in [0.29, 0.717) is 76.1 Å². The van der Waals surface area contributed by atoms with Crippen LogP contribution in [0.1, 0.15) is 139 Å². The summed E-state index contributed by atoms with van der Waals surface area (Å²) in [6.07, 6.45) is 17.7. The summed E-state index contributed by atoms with van der Waals surface area (Å²) < 4.78 is 11.4. The molecule has 30 heteroatoms. The lowest BCUT2D eigenvalue weighted by molar-refractivity contribution is 0.0927. The molecule has 3 atom stereocenters. The molecule has 3 aliphatic heterocycles. The third-order valence-corrected chi connectivity index (χ3v) is 21.7. The largest absolute Gasteiger partial charge is 0.423 e. The first-order valence-corrected chi connectivity index (χ1v) is 37.6. The van der Waals surface area contributed by atoms with Crippen LogP contribution in [0.5, 0.6) is 0 Å². The Balaban J connectivity index is 0.000000137. The number of piperazine rings is 3. The van der Waals surface area contributed by atoms with Crippen LogP contribution in [0.25, 0.3) is 32.7 Å². The highest BCUT2D eigenvalue weighted by Gasteiger charge is 2.30. The lowest BCUT2D eigenvalue weighted by Crippen LogP contribution is -2.44. The zero-order valence-corrected chi connectivity index (χ0v) is 60.9. The summed E-state index contributed by atoms with van der Waals surface area (Å²) >= 11 is 4.28. The standard InChI is InChI=1S/C24H30N8OS.2C24H29N7O2S/c1-3-6-21-28-22(30-29-21)19(13-16-14-25-18-8-5-4-7-17(16)18)27-23(33)20-15-26-24(34-20)32-11-9-31(2)10-12-32;1-3-6-21-28-29-23(33-21)19(13-16-14-25-18-8-5-4-7-17(16)18)27-22(32)20-15-26-24(34-20)31-11-9-30(2)10-12-31;1-3-6-21-28-22(29-33-21)19(13-16-14-25-18-8-5-4-7-17(16)18)27-23(32)20-15-26-24(34-20)31-11-9-30(2)10-12-31/h4-5,7-8,14-15,19,25H,3,6,9-13H2,1-2H3,(H,27,33)(H,28,29,30);2*4-5,7-8,14-15,19,25H,3,6,9-13H2,1-2H3,(H,27,32). The quantitative estimate of drug-likeness (QED) is 0.0296. The van der Waals surface area contributed by atoms with Crippen LogP contribution in [0.4, 0.5) is 15.4 Å². The average Bonchev–Trinajstić information content (AvgIpc) is 1.67. The number of likely N-dealkylation sites (N-methyl/N-ethyl adjacent to an activating group) is 3. The third-order valence-electron chi connectivity index (χ3n) is 18.5. The van der Waals surface area contributed by atoms with Crippen LogP contribution < -0.4 is 30.7 Å². The molecule has 7 N–H and O–H groups in total. The minimum atomic E-state index is -0.445. The van der Waals surface area contributed by atoms with E-state index in [1.807, 2.05) is 67.1 Å². The summed E-state index contributed by atoms with van der Waals surface area (Å²) in [5.41, 5.74) is 6.47. The molecule has 0 aliphatic carbocycles. The molecule has 3 aliphatic rings. The number of aromatic nitrogens is 13. The molecular formula is C72H88N22O5S3. The first-order valence-electron chi connectivity index (χ1n) is 35.1. The van der Waals surface area contributed by atoms with Gasteiger partial charge < -0.3 is 69.2 Å². The number of aromatic amines is 4. The number of hydrogen-bond acceptors (Lipinski definition) is 23. The molecule has 3 aromatic carbocycles. The molecule has 3 saturated heterocycles. The van der Waals surface area contributed by atoms with Gasteiger partial charge in [0.05, 0.1) is 30.7 Å². The van der Waals surface area contributed by atoms with Crippen molar-refractivity contribution in [3.8, 4) is 0 Å². The number of para-hydroxylation sites is 3. The summed E-state index contributed by atoms with van der Waals surface area (Å²) in [5, 5.41) is 35.6. The van der Waals surface area contributed by atoms with Crippen LogP contribution in [0.15, 0.2) is 119 Å². The summed E-state index contributed by atoms with van der Waals surface area (Å²) in [6, 6.07) is 23.2. The fraction of sp³-hybridized carbons (Fsp3) is 0.417. The minimum Gasteiger partial charge on any atom is -0.423 e. The van der Waals surface area contributed by atoms with Crippen LogP contribution in [0.3, 0.4) is 0 Å². The molecule has 0 spiro atoms. The molecule has 3 amide bonds. The van der Waals surface area contributed by atoms with E-state index in [4.69, 9.17) is 8.94 Å². The molecule has 0 saturated carbocycles. The van der Waals surface area contributed by atoms with E-state index in [1.54, 1.807) is 18.6 Å². The van der Waals surface area contributed by atoms with Gasteiger partial charge in [0.15, 0.2) is 27.0 Å². The number of carbonyl (C=O) groups excluding carboxylic acids is 3. The van der Waals surface area contributed by atoms with Gasteiger partial charge in [0, 0.05) is 168 Å². The maximum Gasteiger partial charge on any atom is 0.263 e. The Labute approximate surface area is 603 Å². The van der Waals surface area contributed by atoms with Gasteiger partial charge in [-0.2, -0.15) is 10.1 Å². The molecule has 3 unspecified atom stereocenters. The van der Waals surface area contributed by atoms with Crippen molar-refractivity contribution in [1.82, 2.24) is 96.1 Å². The van der Waals surface area contributed by atoms with Gasteiger partial charge >= 0.3 is 0 Å². The number of nitrogens with one attached hydrogen (secondary N) is 7. The van der Waals surface area contributed by atoms with E-state index in [2.05, 4.69) is 177 Å². The van der Waals surface area contributed by atoms with Crippen molar-refractivity contribution >= 4 is 99.8 Å². The first-order chi connectivity index (χ1) is 49.8.